The van der Waals surface area contributed by atoms with E-state index in [1.165, 1.54) is 0 Å². The van der Waals surface area contributed by atoms with Crippen molar-refractivity contribution in [2.75, 3.05) is 16.8 Å². The van der Waals surface area contributed by atoms with Crippen molar-refractivity contribution >= 4 is 34.8 Å². The van der Waals surface area contributed by atoms with E-state index in [-0.39, 0.29) is 18.2 Å². The van der Waals surface area contributed by atoms with Gasteiger partial charge in [0.15, 0.2) is 0 Å². The lowest BCUT2D eigenvalue weighted by molar-refractivity contribution is -0.119. The van der Waals surface area contributed by atoms with Crippen LogP contribution < -0.4 is 10.2 Å². The standard InChI is InChI=1S/C19H19ClN2O2/c20-17-9-2-1-6-14(17)12-18(23)21-15-7-5-8-16(13-15)22-11-4-3-10-19(22)24/h1-2,5-9,13H,3-4,10-12H2,(H,21,23). The number of amides is 2. The van der Waals surface area contributed by atoms with Gasteiger partial charge in [0.2, 0.25) is 11.8 Å². The highest BCUT2D eigenvalue weighted by Crippen LogP contribution is 2.24. The fraction of sp³-hybridized carbons (Fsp3) is 0.263. The Bertz CT molecular complexity index is 761. The second kappa shape index (κ2) is 7.49. The zero-order chi connectivity index (χ0) is 16.9. The van der Waals surface area contributed by atoms with E-state index < -0.39 is 0 Å². The average molecular weight is 343 g/mol. The molecule has 1 N–H and O–H groups in total. The van der Waals surface area contributed by atoms with Crippen molar-refractivity contribution in [1.29, 1.82) is 0 Å². The van der Waals surface area contributed by atoms with Gasteiger partial charge < -0.3 is 10.2 Å². The molecule has 0 bridgehead atoms. The Morgan fingerprint density at radius 2 is 1.96 bits per heavy atom. The molecule has 2 amide bonds. The highest BCUT2D eigenvalue weighted by molar-refractivity contribution is 6.31. The smallest absolute Gasteiger partial charge is 0.228 e. The number of piperidine rings is 1. The quantitative estimate of drug-likeness (QED) is 0.911. The third kappa shape index (κ3) is 3.95. The number of carbonyl (C=O) groups is 2. The molecule has 1 fully saturated rings. The average Bonchev–Trinajstić information content (AvgIpc) is 2.57. The monoisotopic (exact) mass is 342 g/mol. The van der Waals surface area contributed by atoms with E-state index >= 15 is 0 Å². The van der Waals surface area contributed by atoms with Crippen molar-refractivity contribution in [1.82, 2.24) is 0 Å². The van der Waals surface area contributed by atoms with Crippen LogP contribution in [-0.4, -0.2) is 18.4 Å². The predicted octanol–water partition coefficient (Wildman–Crippen LogP) is 4.04. The van der Waals surface area contributed by atoms with Gasteiger partial charge in [-0.15, -0.1) is 0 Å². The minimum Gasteiger partial charge on any atom is -0.326 e. The van der Waals surface area contributed by atoms with Crippen LogP contribution in [0, 0.1) is 0 Å². The fourth-order valence-corrected chi connectivity index (χ4v) is 3.05. The molecule has 2 aromatic rings. The van der Waals surface area contributed by atoms with Gasteiger partial charge in [-0.05, 0) is 42.7 Å². The van der Waals surface area contributed by atoms with E-state index in [2.05, 4.69) is 5.32 Å². The molecule has 0 saturated carbocycles. The number of nitrogens with one attached hydrogen (secondary N) is 1. The summed E-state index contributed by atoms with van der Waals surface area (Å²) in [5, 5.41) is 3.46. The molecule has 3 rings (SSSR count). The maximum Gasteiger partial charge on any atom is 0.228 e. The zero-order valence-corrected chi connectivity index (χ0v) is 14.1. The van der Waals surface area contributed by atoms with Crippen LogP contribution in [0.25, 0.3) is 0 Å². The van der Waals surface area contributed by atoms with Crippen LogP contribution in [0.15, 0.2) is 48.5 Å². The Kier molecular flexibility index (Phi) is 5.16. The van der Waals surface area contributed by atoms with E-state index in [4.69, 9.17) is 11.6 Å². The summed E-state index contributed by atoms with van der Waals surface area (Å²) < 4.78 is 0. The molecule has 1 aliphatic heterocycles. The molecule has 2 aromatic carbocycles. The molecular formula is C19H19ClN2O2. The van der Waals surface area contributed by atoms with Gasteiger partial charge in [-0.2, -0.15) is 0 Å². The molecule has 24 heavy (non-hydrogen) atoms. The number of anilines is 2. The largest absolute Gasteiger partial charge is 0.326 e. The van der Waals surface area contributed by atoms with Crippen molar-refractivity contribution in [2.24, 2.45) is 0 Å². The summed E-state index contributed by atoms with van der Waals surface area (Å²) >= 11 is 6.09. The molecule has 4 nitrogen and oxygen atoms in total. The van der Waals surface area contributed by atoms with Crippen molar-refractivity contribution in [3.8, 4) is 0 Å². The molecule has 124 valence electrons. The van der Waals surface area contributed by atoms with Gasteiger partial charge in [0.1, 0.15) is 0 Å². The van der Waals surface area contributed by atoms with Crippen molar-refractivity contribution < 1.29 is 9.59 Å². The Morgan fingerprint density at radius 3 is 2.75 bits per heavy atom. The third-order valence-electron chi connectivity index (χ3n) is 4.07. The van der Waals surface area contributed by atoms with Crippen LogP contribution >= 0.6 is 11.6 Å². The minimum absolute atomic E-state index is 0.134. The molecule has 5 heteroatoms. The topological polar surface area (TPSA) is 49.4 Å². The van der Waals surface area contributed by atoms with E-state index in [1.807, 2.05) is 42.5 Å². The number of hydrogen-bond donors (Lipinski definition) is 1. The highest BCUT2D eigenvalue weighted by Gasteiger charge is 2.19. The molecule has 0 atom stereocenters. The van der Waals surface area contributed by atoms with Gasteiger partial charge in [0, 0.05) is 29.4 Å². The van der Waals surface area contributed by atoms with Crippen LogP contribution in [0.2, 0.25) is 5.02 Å². The first-order valence-electron chi connectivity index (χ1n) is 8.07. The summed E-state index contributed by atoms with van der Waals surface area (Å²) in [7, 11) is 0. The maximum absolute atomic E-state index is 12.2. The van der Waals surface area contributed by atoms with Gasteiger partial charge in [0.25, 0.3) is 0 Å². The molecule has 0 spiro atoms. The summed E-state index contributed by atoms with van der Waals surface area (Å²) in [5.41, 5.74) is 2.30. The molecule has 0 radical (unpaired) electrons. The number of benzene rings is 2. The van der Waals surface area contributed by atoms with Crippen LogP contribution in [0.4, 0.5) is 11.4 Å². The molecule has 1 aliphatic rings. The first-order valence-corrected chi connectivity index (χ1v) is 8.45. The van der Waals surface area contributed by atoms with E-state index in [9.17, 15) is 9.59 Å². The SMILES string of the molecule is O=C(Cc1ccccc1Cl)Nc1cccc(N2CCCCC2=O)c1. The Morgan fingerprint density at radius 1 is 1.12 bits per heavy atom. The lowest BCUT2D eigenvalue weighted by Gasteiger charge is -2.27. The first-order chi connectivity index (χ1) is 11.6. The van der Waals surface area contributed by atoms with Crippen molar-refractivity contribution in [3.05, 3.63) is 59.1 Å². The predicted molar refractivity (Wildman–Crippen MR) is 96.4 cm³/mol. The lowest BCUT2D eigenvalue weighted by atomic mass is 10.1. The number of halogens is 1. The Labute approximate surface area is 146 Å². The first kappa shape index (κ1) is 16.5. The number of rotatable bonds is 4. The zero-order valence-electron chi connectivity index (χ0n) is 13.3. The molecule has 1 saturated heterocycles. The van der Waals surface area contributed by atoms with Gasteiger partial charge in [0.05, 0.1) is 6.42 Å². The van der Waals surface area contributed by atoms with Crippen LogP contribution in [0.5, 0.6) is 0 Å². The summed E-state index contributed by atoms with van der Waals surface area (Å²) in [4.78, 5) is 26.1. The van der Waals surface area contributed by atoms with Crippen LogP contribution in [-0.2, 0) is 16.0 Å². The second-order valence-corrected chi connectivity index (χ2v) is 6.28. The van der Waals surface area contributed by atoms with Gasteiger partial charge in [-0.25, -0.2) is 0 Å². The van der Waals surface area contributed by atoms with Gasteiger partial charge >= 0.3 is 0 Å². The van der Waals surface area contributed by atoms with E-state index in [1.54, 1.807) is 11.0 Å². The summed E-state index contributed by atoms with van der Waals surface area (Å²) in [6.07, 6.45) is 2.76. The molecule has 0 unspecified atom stereocenters. The maximum atomic E-state index is 12.2. The van der Waals surface area contributed by atoms with Crippen LogP contribution in [0.3, 0.4) is 0 Å². The van der Waals surface area contributed by atoms with Gasteiger partial charge in [-0.1, -0.05) is 35.9 Å². The fourth-order valence-electron chi connectivity index (χ4n) is 2.85. The Balaban J connectivity index is 1.69. The molecule has 1 heterocycles. The number of hydrogen-bond acceptors (Lipinski definition) is 2. The normalized spacial score (nSPS) is 14.5. The number of carbonyl (C=O) groups excluding carboxylic acids is 2. The third-order valence-corrected chi connectivity index (χ3v) is 4.44. The molecule has 0 aromatic heterocycles. The van der Waals surface area contributed by atoms with Crippen molar-refractivity contribution in [3.63, 3.8) is 0 Å². The Hall–Kier alpha value is -2.33. The molecule has 0 aliphatic carbocycles. The number of nitrogens with zero attached hydrogens (tertiary/aromatic N) is 1. The second-order valence-electron chi connectivity index (χ2n) is 5.87. The summed E-state index contributed by atoms with van der Waals surface area (Å²) in [6, 6.07) is 14.7. The lowest BCUT2D eigenvalue weighted by Crippen LogP contribution is -2.35. The minimum atomic E-state index is -0.134. The van der Waals surface area contributed by atoms with E-state index in [0.29, 0.717) is 17.1 Å². The van der Waals surface area contributed by atoms with Gasteiger partial charge in [-0.3, -0.25) is 9.59 Å². The van der Waals surface area contributed by atoms with E-state index in [0.717, 1.165) is 30.6 Å². The summed E-state index contributed by atoms with van der Waals surface area (Å²) in [5.74, 6) is 0.00557. The van der Waals surface area contributed by atoms with Crippen LogP contribution in [0.1, 0.15) is 24.8 Å². The van der Waals surface area contributed by atoms with Crippen molar-refractivity contribution in [2.45, 2.75) is 25.7 Å². The highest BCUT2D eigenvalue weighted by atomic mass is 35.5. The summed E-state index contributed by atoms with van der Waals surface area (Å²) in [6.45, 7) is 0.732. The molecular weight excluding hydrogens is 324 g/mol.